The van der Waals surface area contributed by atoms with E-state index < -0.39 is 27.4 Å². The van der Waals surface area contributed by atoms with Gasteiger partial charge in [0.2, 0.25) is 10.0 Å². The highest BCUT2D eigenvalue weighted by molar-refractivity contribution is 7.89. The Balaban J connectivity index is 3.14. The van der Waals surface area contributed by atoms with Crippen molar-refractivity contribution < 1.29 is 27.9 Å². The quantitative estimate of drug-likeness (QED) is 0.711. The fourth-order valence-corrected chi connectivity index (χ4v) is 3.15. The van der Waals surface area contributed by atoms with Crippen LogP contribution in [0.2, 0.25) is 0 Å². The average Bonchev–Trinajstić information content (AvgIpc) is 2.51. The molecule has 9 heteroatoms. The first kappa shape index (κ1) is 20.9. The number of benzene rings is 1. The number of hydrogen-bond donors (Lipinski definition) is 2. The van der Waals surface area contributed by atoms with E-state index in [4.69, 9.17) is 9.84 Å². The van der Waals surface area contributed by atoms with Crippen LogP contribution in [0.25, 0.3) is 0 Å². The molecule has 0 bridgehead atoms. The SMILES string of the molecule is COc1ccc(C(=O)NC(C)(C)CCC(=O)O)cc1S(=O)(=O)N(C)C. The molecule has 1 amide bonds. The maximum absolute atomic E-state index is 12.4. The van der Waals surface area contributed by atoms with Crippen LogP contribution in [0.3, 0.4) is 0 Å². The standard InChI is InChI=1S/C16H24N2O6S/c1-16(2,9-8-14(19)20)17-15(21)11-6-7-12(24-5)13(10-11)25(22,23)18(3)4/h6-7,10H,8-9H2,1-5H3,(H,17,21)(H,19,20). The average molecular weight is 372 g/mol. The largest absolute Gasteiger partial charge is 0.495 e. The van der Waals surface area contributed by atoms with Gasteiger partial charge in [0.15, 0.2) is 0 Å². The van der Waals surface area contributed by atoms with Gasteiger partial charge in [-0.1, -0.05) is 0 Å². The summed E-state index contributed by atoms with van der Waals surface area (Å²) in [6, 6.07) is 4.11. The van der Waals surface area contributed by atoms with Crippen molar-refractivity contribution in [1.29, 1.82) is 0 Å². The molecule has 140 valence electrons. The molecule has 0 aromatic heterocycles. The number of hydrogen-bond acceptors (Lipinski definition) is 5. The summed E-state index contributed by atoms with van der Waals surface area (Å²) in [7, 11) is 0.327. The van der Waals surface area contributed by atoms with E-state index in [1.807, 2.05) is 0 Å². The highest BCUT2D eigenvalue weighted by Gasteiger charge is 2.26. The van der Waals surface area contributed by atoms with Crippen LogP contribution < -0.4 is 10.1 Å². The molecule has 0 aliphatic heterocycles. The Kier molecular flexibility index (Phi) is 6.55. The summed E-state index contributed by atoms with van der Waals surface area (Å²) in [6.07, 6.45) is 0.156. The van der Waals surface area contributed by atoms with Gasteiger partial charge in [0.25, 0.3) is 5.91 Å². The monoisotopic (exact) mass is 372 g/mol. The number of methoxy groups -OCH3 is 1. The molecule has 8 nitrogen and oxygen atoms in total. The number of carboxylic acids is 1. The minimum absolute atomic E-state index is 0.0872. The van der Waals surface area contributed by atoms with Gasteiger partial charge in [0, 0.05) is 31.6 Å². The third-order valence-electron chi connectivity index (χ3n) is 3.60. The summed E-state index contributed by atoms with van der Waals surface area (Å²) in [6.45, 7) is 3.41. The lowest BCUT2D eigenvalue weighted by atomic mass is 9.97. The van der Waals surface area contributed by atoms with Gasteiger partial charge in [-0.15, -0.1) is 0 Å². The highest BCUT2D eigenvalue weighted by atomic mass is 32.2. The second-order valence-corrected chi connectivity index (χ2v) is 8.51. The van der Waals surface area contributed by atoms with Gasteiger partial charge in [-0.25, -0.2) is 12.7 Å². The van der Waals surface area contributed by atoms with E-state index in [1.54, 1.807) is 13.8 Å². The Hall–Kier alpha value is -2.13. The van der Waals surface area contributed by atoms with E-state index in [0.717, 1.165) is 4.31 Å². The topological polar surface area (TPSA) is 113 Å². The molecule has 0 unspecified atom stereocenters. The number of amides is 1. The normalized spacial score (nSPS) is 12.1. The summed E-state index contributed by atoms with van der Waals surface area (Å²) in [4.78, 5) is 23.0. The molecule has 0 saturated carbocycles. The third-order valence-corrected chi connectivity index (χ3v) is 5.44. The number of rotatable bonds is 8. The second-order valence-electron chi connectivity index (χ2n) is 6.38. The minimum Gasteiger partial charge on any atom is -0.495 e. The number of carbonyl (C=O) groups excluding carboxylic acids is 1. The van der Waals surface area contributed by atoms with Gasteiger partial charge < -0.3 is 15.2 Å². The van der Waals surface area contributed by atoms with Crippen LogP contribution in [0.4, 0.5) is 0 Å². The van der Waals surface area contributed by atoms with Gasteiger partial charge in [-0.2, -0.15) is 0 Å². The van der Waals surface area contributed by atoms with Crippen LogP contribution in [0.1, 0.15) is 37.0 Å². The fourth-order valence-electron chi connectivity index (χ4n) is 2.08. The van der Waals surface area contributed by atoms with Crippen LogP contribution in [-0.2, 0) is 14.8 Å². The summed E-state index contributed by atoms with van der Waals surface area (Å²) in [5.41, 5.74) is -0.611. The van der Waals surface area contributed by atoms with E-state index >= 15 is 0 Å². The van der Waals surface area contributed by atoms with Crippen molar-refractivity contribution in [3.05, 3.63) is 23.8 Å². The van der Waals surface area contributed by atoms with Crippen LogP contribution in [0, 0.1) is 0 Å². The van der Waals surface area contributed by atoms with Crippen molar-refractivity contribution >= 4 is 21.9 Å². The van der Waals surface area contributed by atoms with E-state index in [2.05, 4.69) is 5.32 Å². The molecule has 1 rings (SSSR count). The van der Waals surface area contributed by atoms with Gasteiger partial charge in [-0.05, 0) is 38.5 Å². The molecule has 0 spiro atoms. The first-order chi connectivity index (χ1) is 11.4. The van der Waals surface area contributed by atoms with E-state index in [1.165, 1.54) is 39.4 Å². The van der Waals surface area contributed by atoms with Gasteiger partial charge in [-0.3, -0.25) is 9.59 Å². The zero-order chi connectivity index (χ0) is 19.4. The smallest absolute Gasteiger partial charge is 0.303 e. The van der Waals surface area contributed by atoms with Crippen molar-refractivity contribution in [1.82, 2.24) is 9.62 Å². The fraction of sp³-hybridized carbons (Fsp3) is 0.500. The number of nitrogens with zero attached hydrogens (tertiary/aromatic N) is 1. The lowest BCUT2D eigenvalue weighted by Gasteiger charge is -2.26. The molecular weight excluding hydrogens is 348 g/mol. The first-order valence-electron chi connectivity index (χ1n) is 7.55. The molecule has 0 radical (unpaired) electrons. The lowest BCUT2D eigenvalue weighted by Crippen LogP contribution is -2.43. The molecule has 25 heavy (non-hydrogen) atoms. The number of carboxylic acid groups (broad SMARTS) is 1. The Morgan fingerprint density at radius 2 is 1.88 bits per heavy atom. The Morgan fingerprint density at radius 3 is 2.36 bits per heavy atom. The number of aliphatic carboxylic acids is 1. The Morgan fingerprint density at radius 1 is 1.28 bits per heavy atom. The van der Waals surface area contributed by atoms with Crippen LogP contribution in [0.15, 0.2) is 23.1 Å². The number of ether oxygens (including phenoxy) is 1. The summed E-state index contributed by atoms with van der Waals surface area (Å²) in [5.74, 6) is -1.31. The predicted octanol–water partition coefficient (Wildman–Crippen LogP) is 1.32. The van der Waals surface area contributed by atoms with Gasteiger partial charge >= 0.3 is 5.97 Å². The van der Waals surface area contributed by atoms with Gasteiger partial charge in [0.1, 0.15) is 10.6 Å². The molecule has 0 aliphatic rings. The summed E-state index contributed by atoms with van der Waals surface area (Å²) in [5, 5.41) is 11.5. The van der Waals surface area contributed by atoms with Crippen LogP contribution in [0.5, 0.6) is 5.75 Å². The zero-order valence-corrected chi connectivity index (χ0v) is 15.8. The maximum atomic E-state index is 12.4. The Labute approximate surface area is 147 Å². The van der Waals surface area contributed by atoms with Crippen molar-refractivity contribution in [3.63, 3.8) is 0 Å². The van der Waals surface area contributed by atoms with Crippen molar-refractivity contribution in [2.75, 3.05) is 21.2 Å². The number of carbonyl (C=O) groups is 2. The molecule has 0 aliphatic carbocycles. The minimum atomic E-state index is -3.79. The van der Waals surface area contributed by atoms with Crippen molar-refractivity contribution in [3.8, 4) is 5.75 Å². The van der Waals surface area contributed by atoms with Crippen LogP contribution in [-0.4, -0.2) is 56.5 Å². The lowest BCUT2D eigenvalue weighted by molar-refractivity contribution is -0.137. The van der Waals surface area contributed by atoms with E-state index in [-0.39, 0.29) is 29.1 Å². The highest BCUT2D eigenvalue weighted by Crippen LogP contribution is 2.27. The molecule has 1 aromatic carbocycles. The molecule has 0 heterocycles. The molecule has 0 fully saturated rings. The third kappa shape index (κ3) is 5.43. The Bertz CT molecular complexity index is 756. The van der Waals surface area contributed by atoms with Crippen molar-refractivity contribution in [2.24, 2.45) is 0 Å². The summed E-state index contributed by atoms with van der Waals surface area (Å²) < 4.78 is 30.9. The maximum Gasteiger partial charge on any atom is 0.303 e. The predicted molar refractivity (Wildman–Crippen MR) is 92.3 cm³/mol. The zero-order valence-electron chi connectivity index (χ0n) is 15.0. The number of sulfonamides is 1. The van der Waals surface area contributed by atoms with Crippen LogP contribution >= 0.6 is 0 Å². The summed E-state index contributed by atoms with van der Waals surface area (Å²) >= 11 is 0. The first-order valence-corrected chi connectivity index (χ1v) is 8.99. The molecule has 2 N–H and O–H groups in total. The molecule has 1 aromatic rings. The molecular formula is C16H24N2O6S. The second kappa shape index (κ2) is 7.83. The number of nitrogens with one attached hydrogen (secondary N) is 1. The van der Waals surface area contributed by atoms with Gasteiger partial charge in [0.05, 0.1) is 7.11 Å². The van der Waals surface area contributed by atoms with E-state index in [0.29, 0.717) is 0 Å². The van der Waals surface area contributed by atoms with Crippen molar-refractivity contribution in [2.45, 2.75) is 37.1 Å². The van der Waals surface area contributed by atoms with E-state index in [9.17, 15) is 18.0 Å². The molecule has 0 atom stereocenters. The molecule has 0 saturated heterocycles.